The summed E-state index contributed by atoms with van der Waals surface area (Å²) in [7, 11) is 5.68. The number of rotatable bonds is 4. The minimum Gasteiger partial charge on any atom is -0.494 e. The van der Waals surface area contributed by atoms with Gasteiger partial charge >= 0.3 is 0 Å². The van der Waals surface area contributed by atoms with Crippen LogP contribution in [0.5, 0.6) is 11.5 Å². The quantitative estimate of drug-likeness (QED) is 0.756. The van der Waals surface area contributed by atoms with Crippen LogP contribution in [0.25, 0.3) is 0 Å². The molecule has 1 aliphatic rings. The van der Waals surface area contributed by atoms with Gasteiger partial charge in [0.2, 0.25) is 0 Å². The largest absolute Gasteiger partial charge is 0.494 e. The highest BCUT2D eigenvalue weighted by molar-refractivity contribution is 5.60. The van der Waals surface area contributed by atoms with Crippen LogP contribution in [0.15, 0.2) is 18.2 Å². The average molecular weight is 207 g/mol. The molecule has 0 saturated heterocycles. The molecule has 3 nitrogen and oxygen atoms in total. The Morgan fingerprint density at radius 1 is 1.27 bits per heavy atom. The number of nitrogens with zero attached hydrogens (tertiary/aromatic N) is 1. The van der Waals surface area contributed by atoms with Crippen molar-refractivity contribution in [2.75, 3.05) is 26.1 Å². The molecule has 0 bridgehead atoms. The van der Waals surface area contributed by atoms with Crippen molar-refractivity contribution in [3.05, 3.63) is 18.2 Å². The molecule has 1 saturated carbocycles. The van der Waals surface area contributed by atoms with E-state index in [0.717, 1.165) is 17.2 Å². The van der Waals surface area contributed by atoms with Crippen molar-refractivity contribution in [1.29, 1.82) is 0 Å². The Bertz CT molecular complexity index is 345. The summed E-state index contributed by atoms with van der Waals surface area (Å²) in [5.74, 6) is 1.76. The summed E-state index contributed by atoms with van der Waals surface area (Å²) in [4.78, 5) is 2.03. The maximum atomic E-state index is 5.70. The first-order chi connectivity index (χ1) is 7.20. The van der Waals surface area contributed by atoms with E-state index >= 15 is 0 Å². The summed E-state index contributed by atoms with van der Waals surface area (Å²) in [6.07, 6.45) is 2.79. The minimum absolute atomic E-state index is 0.430. The van der Waals surface area contributed by atoms with Crippen molar-refractivity contribution in [1.82, 2.24) is 0 Å². The summed E-state index contributed by atoms with van der Waals surface area (Å²) >= 11 is 0. The van der Waals surface area contributed by atoms with Crippen molar-refractivity contribution < 1.29 is 9.47 Å². The predicted octanol–water partition coefficient (Wildman–Crippen LogP) is 2.30. The van der Waals surface area contributed by atoms with Crippen LogP contribution in [0.4, 0.5) is 5.69 Å². The first-order valence-electron chi connectivity index (χ1n) is 5.22. The summed E-state index contributed by atoms with van der Waals surface area (Å²) in [6, 6.07) is 5.97. The molecule has 2 rings (SSSR count). The van der Waals surface area contributed by atoms with Crippen molar-refractivity contribution in [2.45, 2.75) is 18.9 Å². The first kappa shape index (κ1) is 10.1. The number of ether oxygens (including phenoxy) is 2. The summed E-state index contributed by atoms with van der Waals surface area (Å²) < 4.78 is 11.0. The molecule has 82 valence electrons. The van der Waals surface area contributed by atoms with E-state index in [9.17, 15) is 0 Å². The van der Waals surface area contributed by atoms with Gasteiger partial charge in [-0.25, -0.2) is 0 Å². The second kappa shape index (κ2) is 4.01. The van der Waals surface area contributed by atoms with Crippen molar-refractivity contribution in [3.63, 3.8) is 0 Å². The van der Waals surface area contributed by atoms with E-state index in [4.69, 9.17) is 9.47 Å². The lowest BCUT2D eigenvalue weighted by Crippen LogP contribution is -2.10. The third-order valence-corrected chi connectivity index (χ3v) is 2.46. The van der Waals surface area contributed by atoms with Crippen molar-refractivity contribution in [2.24, 2.45) is 0 Å². The number of hydrogen-bond donors (Lipinski definition) is 0. The zero-order valence-electron chi connectivity index (χ0n) is 9.49. The predicted molar refractivity (Wildman–Crippen MR) is 61.0 cm³/mol. The third kappa shape index (κ3) is 2.35. The second-order valence-corrected chi connectivity index (χ2v) is 4.05. The van der Waals surface area contributed by atoms with Crippen LogP contribution in [0.3, 0.4) is 0 Å². The van der Waals surface area contributed by atoms with Crippen LogP contribution >= 0.6 is 0 Å². The van der Waals surface area contributed by atoms with Crippen LogP contribution in [0.2, 0.25) is 0 Å². The summed E-state index contributed by atoms with van der Waals surface area (Å²) in [6.45, 7) is 0. The molecule has 0 aliphatic heterocycles. The highest BCUT2D eigenvalue weighted by Crippen LogP contribution is 2.34. The maximum absolute atomic E-state index is 5.70. The molecular formula is C12H17NO2. The molecule has 1 fully saturated rings. The van der Waals surface area contributed by atoms with E-state index in [1.165, 1.54) is 12.8 Å². The van der Waals surface area contributed by atoms with Gasteiger partial charge in [-0.05, 0) is 25.0 Å². The molecule has 0 radical (unpaired) electrons. The monoisotopic (exact) mass is 207 g/mol. The molecule has 1 aliphatic carbocycles. The van der Waals surface area contributed by atoms with Crippen molar-refractivity contribution >= 4 is 5.69 Å². The zero-order chi connectivity index (χ0) is 10.8. The van der Waals surface area contributed by atoms with Gasteiger partial charge in [-0.1, -0.05) is 0 Å². The molecule has 0 unspecified atom stereocenters. The molecule has 0 amide bonds. The fourth-order valence-electron chi connectivity index (χ4n) is 1.48. The van der Waals surface area contributed by atoms with Gasteiger partial charge in [0.05, 0.1) is 18.9 Å². The molecule has 0 aromatic heterocycles. The van der Waals surface area contributed by atoms with Crippen LogP contribution in [-0.2, 0) is 0 Å². The van der Waals surface area contributed by atoms with E-state index in [1.807, 2.05) is 37.2 Å². The smallest absolute Gasteiger partial charge is 0.145 e. The Labute approximate surface area is 90.6 Å². The number of methoxy groups -OCH3 is 1. The number of benzene rings is 1. The molecule has 15 heavy (non-hydrogen) atoms. The first-order valence-corrected chi connectivity index (χ1v) is 5.22. The molecular weight excluding hydrogens is 190 g/mol. The molecule has 0 spiro atoms. The molecule has 1 aromatic rings. The van der Waals surface area contributed by atoms with Crippen molar-refractivity contribution in [3.8, 4) is 11.5 Å². The van der Waals surface area contributed by atoms with Crippen LogP contribution < -0.4 is 14.4 Å². The van der Waals surface area contributed by atoms with Crippen LogP contribution in [0, 0.1) is 0 Å². The van der Waals surface area contributed by atoms with Gasteiger partial charge in [-0.2, -0.15) is 0 Å². The van der Waals surface area contributed by atoms with Gasteiger partial charge in [0, 0.05) is 20.2 Å². The van der Waals surface area contributed by atoms with Gasteiger partial charge in [0.25, 0.3) is 0 Å². The Morgan fingerprint density at radius 3 is 2.53 bits per heavy atom. The van der Waals surface area contributed by atoms with E-state index in [1.54, 1.807) is 7.11 Å². The van der Waals surface area contributed by atoms with E-state index in [0.29, 0.717) is 6.10 Å². The van der Waals surface area contributed by atoms with Gasteiger partial charge < -0.3 is 14.4 Å². The lowest BCUT2D eigenvalue weighted by molar-refractivity contribution is 0.301. The zero-order valence-corrected chi connectivity index (χ0v) is 9.49. The Morgan fingerprint density at radius 2 is 2.00 bits per heavy atom. The SMILES string of the molecule is COc1cc(OC2CC2)ccc1N(C)C. The molecule has 1 aromatic carbocycles. The summed E-state index contributed by atoms with van der Waals surface area (Å²) in [5.41, 5.74) is 1.07. The summed E-state index contributed by atoms with van der Waals surface area (Å²) in [5, 5.41) is 0. The highest BCUT2D eigenvalue weighted by Gasteiger charge is 2.23. The Kier molecular flexibility index (Phi) is 2.71. The standard InChI is InChI=1S/C12H17NO2/c1-13(2)11-7-6-10(8-12(11)14-3)15-9-4-5-9/h6-9H,4-5H2,1-3H3. The average Bonchev–Trinajstić information content (AvgIpc) is 3.01. The van der Waals surface area contributed by atoms with Gasteiger partial charge in [-0.15, -0.1) is 0 Å². The topological polar surface area (TPSA) is 21.7 Å². The molecule has 0 heterocycles. The Balaban J connectivity index is 2.20. The Hall–Kier alpha value is -1.38. The number of hydrogen-bond acceptors (Lipinski definition) is 3. The fourth-order valence-corrected chi connectivity index (χ4v) is 1.48. The van der Waals surface area contributed by atoms with Gasteiger partial charge in [0.1, 0.15) is 11.5 Å². The van der Waals surface area contributed by atoms with Crippen LogP contribution in [-0.4, -0.2) is 27.3 Å². The maximum Gasteiger partial charge on any atom is 0.145 e. The fraction of sp³-hybridized carbons (Fsp3) is 0.500. The highest BCUT2D eigenvalue weighted by atomic mass is 16.5. The lowest BCUT2D eigenvalue weighted by Gasteiger charge is -2.17. The van der Waals surface area contributed by atoms with Gasteiger partial charge in [-0.3, -0.25) is 0 Å². The third-order valence-electron chi connectivity index (χ3n) is 2.46. The van der Waals surface area contributed by atoms with E-state index < -0.39 is 0 Å². The second-order valence-electron chi connectivity index (χ2n) is 4.05. The van der Waals surface area contributed by atoms with E-state index in [-0.39, 0.29) is 0 Å². The molecule has 0 atom stereocenters. The minimum atomic E-state index is 0.430. The number of anilines is 1. The molecule has 3 heteroatoms. The van der Waals surface area contributed by atoms with Crippen LogP contribution in [0.1, 0.15) is 12.8 Å². The lowest BCUT2D eigenvalue weighted by atomic mass is 10.2. The van der Waals surface area contributed by atoms with Gasteiger partial charge in [0.15, 0.2) is 0 Å². The van der Waals surface area contributed by atoms with E-state index in [2.05, 4.69) is 0 Å². The molecule has 0 N–H and O–H groups in total. The normalized spacial score (nSPS) is 14.9.